The summed E-state index contributed by atoms with van der Waals surface area (Å²) < 4.78 is 50.3. The van der Waals surface area contributed by atoms with E-state index in [-0.39, 0.29) is 29.6 Å². The summed E-state index contributed by atoms with van der Waals surface area (Å²) in [5.74, 6) is -0.132. The van der Waals surface area contributed by atoms with Crippen LogP contribution in [0.15, 0.2) is 70.0 Å². The van der Waals surface area contributed by atoms with Gasteiger partial charge in [0.25, 0.3) is 11.1 Å². The molecule has 39 heavy (non-hydrogen) atoms. The number of ether oxygens (including phenoxy) is 2. The van der Waals surface area contributed by atoms with E-state index in [1.807, 2.05) is 25.1 Å². The molecule has 0 N–H and O–H groups in total. The van der Waals surface area contributed by atoms with Crippen LogP contribution in [0.25, 0.3) is 6.08 Å². The van der Waals surface area contributed by atoms with E-state index in [1.165, 1.54) is 18.2 Å². The van der Waals surface area contributed by atoms with Crippen LogP contribution < -0.4 is 9.47 Å². The number of hydrogen-bond donors (Lipinski definition) is 0. The second kappa shape index (κ2) is 11.5. The van der Waals surface area contributed by atoms with E-state index < -0.39 is 33.5 Å². The zero-order valence-corrected chi connectivity index (χ0v) is 22.4. The number of carbonyl (C=O) groups is 2. The number of carbonyl (C=O) groups excluding carboxylic acids is 2. The maximum atomic E-state index is 13.0. The molecular formula is C26H18BrF3N2O6S. The van der Waals surface area contributed by atoms with E-state index in [0.29, 0.717) is 27.9 Å². The van der Waals surface area contributed by atoms with Crippen LogP contribution in [0.4, 0.5) is 23.7 Å². The molecule has 8 nitrogen and oxygen atoms in total. The van der Waals surface area contributed by atoms with Crippen molar-refractivity contribution in [2.24, 2.45) is 0 Å². The van der Waals surface area contributed by atoms with Gasteiger partial charge in [-0.05, 0) is 88.2 Å². The van der Waals surface area contributed by atoms with Crippen molar-refractivity contribution in [2.75, 3.05) is 13.2 Å². The normalized spacial score (nSPS) is 14.7. The molecule has 0 aromatic heterocycles. The fraction of sp³-hybridized carbons (Fsp3) is 0.154. The maximum Gasteiger partial charge on any atom is 0.416 e. The van der Waals surface area contributed by atoms with Crippen LogP contribution in [0.3, 0.4) is 0 Å². The molecule has 0 radical (unpaired) electrons. The minimum atomic E-state index is -4.75. The molecule has 0 atom stereocenters. The molecule has 0 bridgehead atoms. The predicted octanol–water partition coefficient (Wildman–Crippen LogP) is 7.59. The number of benzene rings is 3. The molecule has 202 valence electrons. The van der Waals surface area contributed by atoms with E-state index in [4.69, 9.17) is 9.47 Å². The standard InChI is InChI=1S/C26H18BrF3N2O6S/c1-15-3-2-4-18(11-15)37-10-9-31-24(33)23(39-25(31)34)13-16-5-7-21(19(27)12-16)38-22-8-6-17(26(28,29)30)14-20(22)32(35)36/h2-8,11-14H,9-10H2,1H3/b23-13-. The van der Waals surface area contributed by atoms with Crippen molar-refractivity contribution in [1.29, 1.82) is 0 Å². The first-order valence-electron chi connectivity index (χ1n) is 11.2. The molecule has 3 aromatic carbocycles. The summed E-state index contributed by atoms with van der Waals surface area (Å²) in [4.78, 5) is 36.8. The number of nitro groups is 1. The topological polar surface area (TPSA) is 99.0 Å². The number of hydrogen-bond acceptors (Lipinski definition) is 7. The third kappa shape index (κ3) is 6.79. The Labute approximate surface area is 232 Å². The Bertz CT molecular complexity index is 1490. The molecule has 0 unspecified atom stereocenters. The number of halogens is 4. The third-order valence-corrected chi connectivity index (χ3v) is 6.93. The maximum absolute atomic E-state index is 13.0. The SMILES string of the molecule is Cc1cccc(OCCN2C(=O)S/C(=C\c3ccc(Oc4ccc(C(F)(F)F)cc4[N+](=O)[O-])c(Br)c3)C2=O)c1. The van der Waals surface area contributed by atoms with Gasteiger partial charge in [-0.2, -0.15) is 13.2 Å². The first-order valence-corrected chi connectivity index (χ1v) is 12.8. The van der Waals surface area contributed by atoms with Crippen LogP contribution in [-0.2, 0) is 11.0 Å². The quantitative estimate of drug-likeness (QED) is 0.145. The fourth-order valence-electron chi connectivity index (χ4n) is 3.53. The molecule has 1 saturated heterocycles. The zero-order valence-electron chi connectivity index (χ0n) is 20.0. The highest BCUT2D eigenvalue weighted by Crippen LogP contribution is 2.40. The number of nitro benzene ring substituents is 1. The summed E-state index contributed by atoms with van der Waals surface area (Å²) in [6, 6.07) is 13.8. The first-order chi connectivity index (χ1) is 18.4. The number of aryl methyl sites for hydroxylation is 1. The second-order valence-electron chi connectivity index (χ2n) is 8.23. The van der Waals surface area contributed by atoms with Gasteiger partial charge >= 0.3 is 11.9 Å². The Morgan fingerprint density at radius 1 is 1.08 bits per heavy atom. The van der Waals surface area contributed by atoms with Gasteiger partial charge in [-0.25, -0.2) is 0 Å². The van der Waals surface area contributed by atoms with Gasteiger partial charge in [0.15, 0.2) is 0 Å². The molecule has 0 spiro atoms. The van der Waals surface area contributed by atoms with Gasteiger partial charge in [-0.15, -0.1) is 0 Å². The number of thioether (sulfide) groups is 1. The Kier molecular flexibility index (Phi) is 8.31. The minimum absolute atomic E-state index is 0.0678. The molecule has 1 aliphatic rings. The number of imide groups is 1. The second-order valence-corrected chi connectivity index (χ2v) is 10.1. The number of rotatable bonds is 8. The van der Waals surface area contributed by atoms with Crippen LogP contribution in [-0.4, -0.2) is 34.1 Å². The monoisotopic (exact) mass is 622 g/mol. The van der Waals surface area contributed by atoms with Crippen LogP contribution in [0, 0.1) is 17.0 Å². The van der Waals surface area contributed by atoms with Gasteiger partial charge in [-0.1, -0.05) is 18.2 Å². The number of nitrogens with zero attached hydrogens (tertiary/aromatic N) is 2. The first kappa shape index (κ1) is 28.2. The lowest BCUT2D eigenvalue weighted by molar-refractivity contribution is -0.385. The highest BCUT2D eigenvalue weighted by molar-refractivity contribution is 9.10. The summed E-state index contributed by atoms with van der Waals surface area (Å²) in [6.07, 6.45) is -3.25. The van der Waals surface area contributed by atoms with Crippen molar-refractivity contribution < 1.29 is 37.2 Å². The third-order valence-electron chi connectivity index (χ3n) is 5.40. The molecular weight excluding hydrogens is 605 g/mol. The Morgan fingerprint density at radius 3 is 2.49 bits per heavy atom. The molecule has 0 aliphatic carbocycles. The fourth-order valence-corrected chi connectivity index (χ4v) is 4.88. The van der Waals surface area contributed by atoms with E-state index >= 15 is 0 Å². The Hall–Kier alpha value is -3.84. The lowest BCUT2D eigenvalue weighted by atomic mass is 10.1. The number of amides is 2. The highest BCUT2D eigenvalue weighted by Gasteiger charge is 2.35. The molecule has 2 amide bonds. The summed E-state index contributed by atoms with van der Waals surface area (Å²) in [7, 11) is 0. The molecule has 4 rings (SSSR count). The van der Waals surface area contributed by atoms with Crippen molar-refractivity contribution in [3.63, 3.8) is 0 Å². The Morgan fingerprint density at radius 2 is 1.82 bits per heavy atom. The van der Waals surface area contributed by atoms with Gasteiger partial charge in [0.2, 0.25) is 5.75 Å². The lowest BCUT2D eigenvalue weighted by Gasteiger charge is -2.13. The summed E-state index contributed by atoms with van der Waals surface area (Å²) in [6.45, 7) is 2.12. The van der Waals surface area contributed by atoms with Crippen molar-refractivity contribution in [1.82, 2.24) is 4.90 Å². The van der Waals surface area contributed by atoms with Crippen molar-refractivity contribution in [3.05, 3.63) is 96.8 Å². The van der Waals surface area contributed by atoms with Crippen LogP contribution in [0.1, 0.15) is 16.7 Å². The largest absolute Gasteiger partial charge is 0.492 e. The van der Waals surface area contributed by atoms with E-state index in [0.717, 1.165) is 28.3 Å². The van der Waals surface area contributed by atoms with Crippen molar-refractivity contribution >= 4 is 50.6 Å². The molecule has 1 aliphatic heterocycles. The Balaban J connectivity index is 1.45. The molecule has 0 saturated carbocycles. The van der Waals surface area contributed by atoms with E-state index in [1.54, 1.807) is 12.1 Å². The zero-order chi connectivity index (χ0) is 28.3. The van der Waals surface area contributed by atoms with Crippen LogP contribution in [0.5, 0.6) is 17.2 Å². The number of alkyl halides is 3. The highest BCUT2D eigenvalue weighted by atomic mass is 79.9. The predicted molar refractivity (Wildman–Crippen MR) is 142 cm³/mol. The van der Waals surface area contributed by atoms with Gasteiger partial charge in [-0.3, -0.25) is 24.6 Å². The molecule has 1 heterocycles. The minimum Gasteiger partial charge on any atom is -0.492 e. The summed E-state index contributed by atoms with van der Waals surface area (Å²) >= 11 is 4.05. The molecule has 3 aromatic rings. The van der Waals surface area contributed by atoms with Gasteiger partial charge in [0.05, 0.1) is 26.4 Å². The van der Waals surface area contributed by atoms with Crippen LogP contribution >= 0.6 is 27.7 Å². The molecule has 13 heteroatoms. The van der Waals surface area contributed by atoms with Gasteiger partial charge < -0.3 is 9.47 Å². The van der Waals surface area contributed by atoms with Crippen molar-refractivity contribution in [2.45, 2.75) is 13.1 Å². The van der Waals surface area contributed by atoms with Crippen molar-refractivity contribution in [3.8, 4) is 17.2 Å². The average molecular weight is 623 g/mol. The van der Waals surface area contributed by atoms with Crippen LogP contribution in [0.2, 0.25) is 0 Å². The average Bonchev–Trinajstić information content (AvgIpc) is 3.12. The summed E-state index contributed by atoms with van der Waals surface area (Å²) in [5, 5.41) is 10.9. The van der Waals surface area contributed by atoms with E-state index in [9.17, 15) is 32.9 Å². The lowest BCUT2D eigenvalue weighted by Crippen LogP contribution is -2.32. The van der Waals surface area contributed by atoms with E-state index in [2.05, 4.69) is 15.9 Å². The summed E-state index contributed by atoms with van der Waals surface area (Å²) in [5.41, 5.74) is -0.494. The smallest absolute Gasteiger partial charge is 0.416 e. The van der Waals surface area contributed by atoms with Gasteiger partial charge in [0, 0.05) is 6.07 Å². The molecule has 1 fully saturated rings. The van der Waals surface area contributed by atoms with Gasteiger partial charge in [0.1, 0.15) is 18.1 Å².